The molecule has 112 valence electrons. The van der Waals surface area contributed by atoms with Gasteiger partial charge < -0.3 is 20.5 Å². The van der Waals surface area contributed by atoms with Crippen molar-refractivity contribution in [2.45, 2.75) is 39.2 Å². The molecule has 1 aliphatic heterocycles. The molecule has 0 saturated carbocycles. The number of nitrogen functional groups attached to an aromatic ring is 1. The van der Waals surface area contributed by atoms with Gasteiger partial charge in [0.15, 0.2) is 0 Å². The Balaban J connectivity index is 1.98. The van der Waals surface area contributed by atoms with Crippen LogP contribution in [0.4, 0.5) is 11.9 Å². The minimum absolute atomic E-state index is 0.174. The molecule has 0 aromatic carbocycles. The van der Waals surface area contributed by atoms with E-state index in [2.05, 4.69) is 27.2 Å². The van der Waals surface area contributed by atoms with Crippen molar-refractivity contribution >= 4 is 11.9 Å². The third kappa shape index (κ3) is 4.19. The zero-order chi connectivity index (χ0) is 14.4. The second-order valence-electron chi connectivity index (χ2n) is 5.03. The van der Waals surface area contributed by atoms with Crippen LogP contribution in [0.25, 0.3) is 0 Å². The van der Waals surface area contributed by atoms with Crippen LogP contribution in [-0.2, 0) is 4.74 Å². The zero-order valence-electron chi connectivity index (χ0n) is 12.1. The molecule has 0 aliphatic carbocycles. The average molecular weight is 281 g/mol. The van der Waals surface area contributed by atoms with Crippen LogP contribution in [0.5, 0.6) is 6.01 Å². The van der Waals surface area contributed by atoms with Crippen LogP contribution in [0.1, 0.15) is 33.1 Å². The van der Waals surface area contributed by atoms with Gasteiger partial charge in [-0.15, -0.1) is 0 Å². The Morgan fingerprint density at radius 3 is 2.80 bits per heavy atom. The van der Waals surface area contributed by atoms with Crippen molar-refractivity contribution in [1.29, 1.82) is 0 Å². The summed E-state index contributed by atoms with van der Waals surface area (Å²) in [6, 6.07) is 0.542. The van der Waals surface area contributed by atoms with Gasteiger partial charge in [0.2, 0.25) is 11.9 Å². The van der Waals surface area contributed by atoms with Gasteiger partial charge in [0, 0.05) is 19.3 Å². The van der Waals surface area contributed by atoms with Crippen molar-refractivity contribution in [2.75, 3.05) is 30.9 Å². The molecule has 20 heavy (non-hydrogen) atoms. The number of nitrogens with one attached hydrogen (secondary N) is 1. The van der Waals surface area contributed by atoms with Crippen molar-refractivity contribution in [3.05, 3.63) is 0 Å². The lowest BCUT2D eigenvalue weighted by atomic mass is 9.93. The van der Waals surface area contributed by atoms with E-state index < -0.39 is 0 Å². The van der Waals surface area contributed by atoms with Crippen molar-refractivity contribution in [2.24, 2.45) is 5.92 Å². The lowest BCUT2D eigenvalue weighted by Gasteiger charge is -2.28. The Labute approximate surface area is 119 Å². The summed E-state index contributed by atoms with van der Waals surface area (Å²) >= 11 is 0. The summed E-state index contributed by atoms with van der Waals surface area (Å²) in [5.41, 5.74) is 5.68. The summed E-state index contributed by atoms with van der Waals surface area (Å²) in [7, 11) is 0. The van der Waals surface area contributed by atoms with Crippen LogP contribution in [0.2, 0.25) is 0 Å². The Bertz CT molecular complexity index is 423. The minimum atomic E-state index is 0.174. The fourth-order valence-corrected chi connectivity index (χ4v) is 2.23. The van der Waals surface area contributed by atoms with E-state index in [0.717, 1.165) is 32.5 Å². The molecule has 1 fully saturated rings. The molecule has 2 heterocycles. The van der Waals surface area contributed by atoms with E-state index in [1.165, 1.54) is 0 Å². The number of rotatable bonds is 6. The number of aromatic nitrogens is 3. The van der Waals surface area contributed by atoms with Crippen LogP contribution in [0, 0.1) is 5.92 Å². The van der Waals surface area contributed by atoms with Crippen LogP contribution in [0.3, 0.4) is 0 Å². The largest absolute Gasteiger partial charge is 0.463 e. The highest BCUT2D eigenvalue weighted by Crippen LogP contribution is 2.21. The smallest absolute Gasteiger partial charge is 0.323 e. The number of anilines is 2. The van der Waals surface area contributed by atoms with E-state index in [-0.39, 0.29) is 18.0 Å². The third-order valence-corrected chi connectivity index (χ3v) is 3.40. The van der Waals surface area contributed by atoms with Crippen LogP contribution in [0.15, 0.2) is 0 Å². The quantitative estimate of drug-likeness (QED) is 0.815. The third-order valence-electron chi connectivity index (χ3n) is 3.40. The summed E-state index contributed by atoms with van der Waals surface area (Å²) in [4.78, 5) is 12.3. The van der Waals surface area contributed by atoms with Crippen molar-refractivity contribution < 1.29 is 9.47 Å². The molecule has 7 heteroatoms. The molecular weight excluding hydrogens is 258 g/mol. The fourth-order valence-electron chi connectivity index (χ4n) is 2.23. The first kappa shape index (κ1) is 14.8. The van der Waals surface area contributed by atoms with E-state index in [0.29, 0.717) is 18.5 Å². The predicted molar refractivity (Wildman–Crippen MR) is 76.7 cm³/mol. The van der Waals surface area contributed by atoms with Crippen molar-refractivity contribution in [3.8, 4) is 6.01 Å². The number of nitrogens with two attached hydrogens (primary N) is 1. The summed E-state index contributed by atoms with van der Waals surface area (Å²) in [6.45, 7) is 6.36. The lowest BCUT2D eigenvalue weighted by molar-refractivity contribution is 0.0621. The molecule has 0 spiro atoms. The van der Waals surface area contributed by atoms with Crippen LogP contribution >= 0.6 is 0 Å². The first-order chi connectivity index (χ1) is 9.69. The summed E-state index contributed by atoms with van der Waals surface area (Å²) in [6.07, 6.45) is 2.99. The number of ether oxygens (including phenoxy) is 2. The van der Waals surface area contributed by atoms with Gasteiger partial charge in [-0.1, -0.05) is 6.92 Å². The molecule has 0 amide bonds. The molecule has 1 aromatic rings. The maximum Gasteiger partial charge on any atom is 0.323 e. The van der Waals surface area contributed by atoms with Gasteiger partial charge in [-0.2, -0.15) is 15.0 Å². The summed E-state index contributed by atoms with van der Waals surface area (Å²) in [5, 5.41) is 3.29. The SMILES string of the molecule is CCCOc1nc(N)nc(NC(C)C2CCOCC2)n1. The highest BCUT2D eigenvalue weighted by Gasteiger charge is 2.21. The lowest BCUT2D eigenvalue weighted by Crippen LogP contribution is -2.31. The normalized spacial score (nSPS) is 17.7. The zero-order valence-corrected chi connectivity index (χ0v) is 12.1. The molecular formula is C13H23N5O2. The number of hydrogen-bond acceptors (Lipinski definition) is 7. The predicted octanol–water partition coefficient (Wildman–Crippen LogP) is 1.47. The molecule has 1 aromatic heterocycles. The molecule has 1 aliphatic rings. The highest BCUT2D eigenvalue weighted by molar-refractivity contribution is 5.33. The first-order valence-electron chi connectivity index (χ1n) is 7.17. The van der Waals surface area contributed by atoms with Gasteiger partial charge in [-0.3, -0.25) is 0 Å². The maximum absolute atomic E-state index is 5.68. The van der Waals surface area contributed by atoms with Gasteiger partial charge in [-0.05, 0) is 32.1 Å². The monoisotopic (exact) mass is 281 g/mol. The molecule has 1 saturated heterocycles. The summed E-state index contributed by atoms with van der Waals surface area (Å²) < 4.78 is 10.8. The van der Waals surface area contributed by atoms with E-state index in [4.69, 9.17) is 15.2 Å². The van der Waals surface area contributed by atoms with E-state index in [9.17, 15) is 0 Å². The molecule has 0 bridgehead atoms. The molecule has 3 N–H and O–H groups in total. The topological polar surface area (TPSA) is 95.2 Å². The Morgan fingerprint density at radius 1 is 1.35 bits per heavy atom. The molecule has 1 atom stereocenters. The Hall–Kier alpha value is -1.63. The van der Waals surface area contributed by atoms with Gasteiger partial charge in [0.05, 0.1) is 6.61 Å². The van der Waals surface area contributed by atoms with E-state index in [1.807, 2.05) is 6.92 Å². The molecule has 7 nitrogen and oxygen atoms in total. The molecule has 1 unspecified atom stereocenters. The molecule has 0 radical (unpaired) electrons. The number of hydrogen-bond donors (Lipinski definition) is 2. The fraction of sp³-hybridized carbons (Fsp3) is 0.769. The van der Waals surface area contributed by atoms with Crippen molar-refractivity contribution in [3.63, 3.8) is 0 Å². The number of nitrogens with zero attached hydrogens (tertiary/aromatic N) is 3. The Kier molecular flexibility index (Phi) is 5.34. The van der Waals surface area contributed by atoms with Crippen molar-refractivity contribution in [1.82, 2.24) is 15.0 Å². The van der Waals surface area contributed by atoms with Crippen LogP contribution < -0.4 is 15.8 Å². The first-order valence-corrected chi connectivity index (χ1v) is 7.17. The van der Waals surface area contributed by atoms with Gasteiger partial charge in [-0.25, -0.2) is 0 Å². The van der Waals surface area contributed by atoms with Gasteiger partial charge in [0.25, 0.3) is 0 Å². The molecule has 2 rings (SSSR count). The highest BCUT2D eigenvalue weighted by atomic mass is 16.5. The maximum atomic E-state index is 5.68. The second kappa shape index (κ2) is 7.23. The van der Waals surface area contributed by atoms with Gasteiger partial charge >= 0.3 is 6.01 Å². The summed E-state index contributed by atoms with van der Waals surface area (Å²) in [5.74, 6) is 1.21. The average Bonchev–Trinajstić information content (AvgIpc) is 2.45. The van der Waals surface area contributed by atoms with E-state index in [1.54, 1.807) is 0 Å². The Morgan fingerprint density at radius 2 is 2.10 bits per heavy atom. The van der Waals surface area contributed by atoms with Crippen LogP contribution in [-0.4, -0.2) is 40.8 Å². The second-order valence-corrected chi connectivity index (χ2v) is 5.03. The minimum Gasteiger partial charge on any atom is -0.463 e. The van der Waals surface area contributed by atoms with Gasteiger partial charge in [0.1, 0.15) is 0 Å². The standard InChI is InChI=1S/C13H23N5O2/c1-3-6-20-13-17-11(14)16-12(18-13)15-9(2)10-4-7-19-8-5-10/h9-10H,3-8H2,1-2H3,(H3,14,15,16,17,18). The van der Waals surface area contributed by atoms with E-state index >= 15 is 0 Å².